The predicted octanol–water partition coefficient (Wildman–Crippen LogP) is 3.28. The summed E-state index contributed by atoms with van der Waals surface area (Å²) in [6.45, 7) is 4.54. The molecule has 146 valence electrons. The number of rotatable bonds is 6. The number of hydrogen-bond acceptors (Lipinski definition) is 3. The molecule has 0 unspecified atom stereocenters. The zero-order valence-electron chi connectivity index (χ0n) is 16.3. The van der Waals surface area contributed by atoms with Crippen LogP contribution in [-0.2, 0) is 11.3 Å². The summed E-state index contributed by atoms with van der Waals surface area (Å²) in [5, 5.41) is 4.36. The van der Waals surface area contributed by atoms with Gasteiger partial charge >= 0.3 is 0 Å². The molecule has 2 saturated heterocycles. The lowest BCUT2D eigenvalue weighted by Crippen LogP contribution is -2.51. The summed E-state index contributed by atoms with van der Waals surface area (Å²) in [5.41, 5.74) is 1.83. The summed E-state index contributed by atoms with van der Waals surface area (Å²) in [4.78, 5) is 15.7. The van der Waals surface area contributed by atoms with E-state index in [1.165, 1.54) is 45.2 Å². The molecule has 2 aliphatic rings. The molecule has 0 spiro atoms. The van der Waals surface area contributed by atoms with Crippen molar-refractivity contribution in [1.82, 2.24) is 14.8 Å². The zero-order valence-corrected chi connectivity index (χ0v) is 16.3. The van der Waals surface area contributed by atoms with Crippen LogP contribution in [0.15, 0.2) is 30.3 Å². The highest BCUT2D eigenvalue weighted by Gasteiger charge is 2.33. The van der Waals surface area contributed by atoms with Gasteiger partial charge in [-0.25, -0.2) is 0 Å². The van der Waals surface area contributed by atoms with Crippen molar-refractivity contribution in [3.63, 3.8) is 0 Å². The number of para-hydroxylation sites is 1. The van der Waals surface area contributed by atoms with E-state index in [4.69, 9.17) is 4.74 Å². The third-order valence-corrected chi connectivity index (χ3v) is 6.32. The number of piperidine rings is 2. The lowest BCUT2D eigenvalue weighted by Gasteiger charge is -2.44. The Bertz CT molecular complexity index is 783. The van der Waals surface area contributed by atoms with Crippen LogP contribution in [0, 0.1) is 5.92 Å². The summed E-state index contributed by atoms with van der Waals surface area (Å²) >= 11 is 0. The molecule has 1 amide bonds. The van der Waals surface area contributed by atoms with E-state index in [1.54, 1.807) is 7.11 Å². The maximum absolute atomic E-state index is 13.0. The van der Waals surface area contributed by atoms with E-state index in [-0.39, 0.29) is 5.91 Å². The average molecular weight is 370 g/mol. The molecule has 0 radical (unpaired) electrons. The Morgan fingerprint density at radius 2 is 2.04 bits per heavy atom. The molecule has 2 aliphatic heterocycles. The van der Waals surface area contributed by atoms with E-state index in [9.17, 15) is 4.79 Å². The average Bonchev–Trinajstić information content (AvgIpc) is 3.09. The molecule has 2 aromatic rings. The van der Waals surface area contributed by atoms with Gasteiger partial charge in [-0.2, -0.15) is 0 Å². The van der Waals surface area contributed by atoms with Crippen molar-refractivity contribution in [3.8, 4) is 0 Å². The zero-order chi connectivity index (χ0) is 18.6. The minimum Gasteiger partial charge on any atom is -0.383 e. The van der Waals surface area contributed by atoms with Gasteiger partial charge in [0.2, 0.25) is 0 Å². The fourth-order valence-corrected chi connectivity index (χ4v) is 4.95. The van der Waals surface area contributed by atoms with Gasteiger partial charge in [0.15, 0.2) is 0 Å². The molecule has 1 aromatic carbocycles. The van der Waals surface area contributed by atoms with E-state index in [1.807, 2.05) is 18.2 Å². The summed E-state index contributed by atoms with van der Waals surface area (Å²) in [6.07, 6.45) is 6.43. The molecule has 2 atom stereocenters. The first kappa shape index (κ1) is 18.5. The molecule has 5 heteroatoms. The van der Waals surface area contributed by atoms with Crippen molar-refractivity contribution in [2.75, 3.05) is 33.4 Å². The molecule has 0 aliphatic carbocycles. The lowest BCUT2D eigenvalue weighted by atomic mass is 9.83. The maximum atomic E-state index is 13.0. The molecule has 1 N–H and O–H groups in total. The molecule has 4 rings (SSSR count). The number of carbonyl (C=O) groups excluding carboxylic acids is 1. The second-order valence-electron chi connectivity index (χ2n) is 7.94. The number of aromatic nitrogens is 1. The van der Waals surface area contributed by atoms with Gasteiger partial charge in [0.25, 0.3) is 5.91 Å². The number of carbonyl (C=O) groups is 1. The smallest absolute Gasteiger partial charge is 0.267 e. The summed E-state index contributed by atoms with van der Waals surface area (Å²) in [7, 11) is 1.70. The van der Waals surface area contributed by atoms with Crippen LogP contribution in [0.1, 0.15) is 42.6 Å². The Morgan fingerprint density at radius 3 is 2.93 bits per heavy atom. The first-order valence-electron chi connectivity index (χ1n) is 10.4. The third kappa shape index (κ3) is 3.90. The second kappa shape index (κ2) is 8.44. The van der Waals surface area contributed by atoms with Crippen LogP contribution in [0.3, 0.4) is 0 Å². The number of ether oxygens (including phenoxy) is 1. The largest absolute Gasteiger partial charge is 0.383 e. The first-order chi connectivity index (χ1) is 13.3. The van der Waals surface area contributed by atoms with Crippen LogP contribution in [0.25, 0.3) is 10.9 Å². The molecule has 1 aromatic heterocycles. The number of nitrogens with zero attached hydrogens (tertiary/aromatic N) is 2. The Labute approximate surface area is 161 Å². The van der Waals surface area contributed by atoms with E-state index in [0.29, 0.717) is 25.1 Å². The van der Waals surface area contributed by atoms with Gasteiger partial charge in [-0.15, -0.1) is 0 Å². The number of fused-ring (bicyclic) bond motifs is 2. The molecule has 27 heavy (non-hydrogen) atoms. The monoisotopic (exact) mass is 369 g/mol. The summed E-state index contributed by atoms with van der Waals surface area (Å²) < 4.78 is 7.34. The fourth-order valence-electron chi connectivity index (χ4n) is 4.95. The number of hydrogen-bond donors (Lipinski definition) is 1. The maximum Gasteiger partial charge on any atom is 0.267 e. The van der Waals surface area contributed by atoms with Crippen molar-refractivity contribution in [2.24, 2.45) is 5.92 Å². The summed E-state index contributed by atoms with van der Waals surface area (Å²) in [6, 6.07) is 10.8. The summed E-state index contributed by atoms with van der Waals surface area (Å²) in [5.74, 6) is 0.620. The van der Waals surface area contributed by atoms with E-state index in [2.05, 4.69) is 26.9 Å². The molecular formula is C22H31N3O2. The normalized spacial score (nSPS) is 23.3. The Morgan fingerprint density at radius 1 is 1.19 bits per heavy atom. The van der Waals surface area contributed by atoms with Crippen molar-refractivity contribution in [1.29, 1.82) is 0 Å². The Kier molecular flexibility index (Phi) is 5.79. The van der Waals surface area contributed by atoms with Gasteiger partial charge in [0.1, 0.15) is 5.69 Å². The van der Waals surface area contributed by atoms with Gasteiger partial charge in [0, 0.05) is 37.1 Å². The van der Waals surface area contributed by atoms with Crippen molar-refractivity contribution >= 4 is 16.8 Å². The van der Waals surface area contributed by atoms with Gasteiger partial charge in [-0.05, 0) is 56.8 Å². The molecule has 5 nitrogen and oxygen atoms in total. The minimum absolute atomic E-state index is 0.0373. The molecule has 3 heterocycles. The van der Waals surface area contributed by atoms with E-state index >= 15 is 0 Å². The van der Waals surface area contributed by atoms with Crippen molar-refractivity contribution in [2.45, 2.75) is 44.7 Å². The highest BCUT2D eigenvalue weighted by molar-refractivity contribution is 5.98. The third-order valence-electron chi connectivity index (χ3n) is 6.32. The Hall–Kier alpha value is -1.85. The van der Waals surface area contributed by atoms with Gasteiger partial charge < -0.3 is 19.5 Å². The molecule has 2 fully saturated rings. The number of amides is 1. The van der Waals surface area contributed by atoms with Crippen LogP contribution < -0.4 is 5.32 Å². The number of nitrogens with one attached hydrogen (secondary N) is 1. The topological polar surface area (TPSA) is 46.5 Å². The number of methoxy groups -OCH3 is 1. The first-order valence-corrected chi connectivity index (χ1v) is 10.4. The molecular weight excluding hydrogens is 338 g/mol. The van der Waals surface area contributed by atoms with Crippen LogP contribution in [0.4, 0.5) is 0 Å². The Balaban J connectivity index is 1.47. The predicted molar refractivity (Wildman–Crippen MR) is 108 cm³/mol. The van der Waals surface area contributed by atoms with Gasteiger partial charge in [-0.1, -0.05) is 24.6 Å². The highest BCUT2D eigenvalue weighted by Crippen LogP contribution is 2.30. The SMILES string of the molecule is COCCn1c(C(=O)NC[C@@H]2CCCN3CCCC[C@H]23)cc2ccccc21. The quantitative estimate of drug-likeness (QED) is 0.850. The van der Waals surface area contributed by atoms with Crippen LogP contribution in [0.5, 0.6) is 0 Å². The molecule has 0 saturated carbocycles. The number of benzene rings is 1. The van der Waals surface area contributed by atoms with E-state index < -0.39 is 0 Å². The lowest BCUT2D eigenvalue weighted by molar-refractivity contribution is 0.0574. The molecule has 0 bridgehead atoms. The second-order valence-corrected chi connectivity index (χ2v) is 7.94. The minimum atomic E-state index is 0.0373. The van der Waals surface area contributed by atoms with Crippen LogP contribution in [-0.4, -0.2) is 54.8 Å². The van der Waals surface area contributed by atoms with Gasteiger partial charge in [-0.3, -0.25) is 4.79 Å². The van der Waals surface area contributed by atoms with Crippen molar-refractivity contribution in [3.05, 3.63) is 36.0 Å². The standard InChI is InChI=1S/C22H31N3O2/c1-27-14-13-25-20-10-3-2-7-17(20)15-21(25)22(26)23-16-18-8-6-12-24-11-5-4-9-19(18)24/h2-3,7,10,15,18-19H,4-6,8-9,11-14,16H2,1H3,(H,23,26)/t18-,19+/m0/s1. The highest BCUT2D eigenvalue weighted by atomic mass is 16.5. The van der Waals surface area contributed by atoms with Crippen LogP contribution >= 0.6 is 0 Å². The fraction of sp³-hybridized carbons (Fsp3) is 0.591. The van der Waals surface area contributed by atoms with Crippen LogP contribution in [0.2, 0.25) is 0 Å². The van der Waals surface area contributed by atoms with Crippen molar-refractivity contribution < 1.29 is 9.53 Å². The van der Waals surface area contributed by atoms with Gasteiger partial charge in [0.05, 0.1) is 6.61 Å². The van der Waals surface area contributed by atoms with E-state index in [0.717, 1.165) is 23.1 Å².